The highest BCUT2D eigenvalue weighted by atomic mass is 35.5. The maximum atomic E-state index is 12.1. The summed E-state index contributed by atoms with van der Waals surface area (Å²) in [7, 11) is 0. The molecule has 122 valence electrons. The number of halogens is 1. The van der Waals surface area contributed by atoms with Crippen molar-refractivity contribution >= 4 is 23.5 Å². The van der Waals surface area contributed by atoms with E-state index in [1.165, 1.54) is 6.20 Å². The average molecular weight is 336 g/mol. The van der Waals surface area contributed by atoms with Gasteiger partial charge in [-0.2, -0.15) is 5.10 Å². The molecular formula is C16H18ClN3O3. The Hall–Kier alpha value is -2.34. The zero-order valence-electron chi connectivity index (χ0n) is 12.9. The van der Waals surface area contributed by atoms with Crippen LogP contribution in [-0.2, 0) is 4.79 Å². The number of nitrogens with one attached hydrogen (secondary N) is 1. The molecule has 0 radical (unpaired) electrons. The highest BCUT2D eigenvalue weighted by Crippen LogP contribution is 2.19. The van der Waals surface area contributed by atoms with Crippen molar-refractivity contribution in [3.05, 3.63) is 47.2 Å². The number of carbonyl (C=O) groups is 2. The Morgan fingerprint density at radius 1 is 1.30 bits per heavy atom. The summed E-state index contributed by atoms with van der Waals surface area (Å²) in [6.07, 6.45) is 3.42. The smallest absolute Gasteiger partial charge is 0.309 e. The topological polar surface area (TPSA) is 84.2 Å². The number of benzene rings is 1. The lowest BCUT2D eigenvalue weighted by Crippen LogP contribution is -2.31. The third-order valence-electron chi connectivity index (χ3n) is 3.55. The van der Waals surface area contributed by atoms with Crippen LogP contribution in [0.5, 0.6) is 0 Å². The highest BCUT2D eigenvalue weighted by molar-refractivity contribution is 6.30. The fourth-order valence-electron chi connectivity index (χ4n) is 1.87. The van der Waals surface area contributed by atoms with Crippen LogP contribution in [0.1, 0.15) is 30.6 Å². The minimum absolute atomic E-state index is 0.282. The molecule has 0 aliphatic carbocycles. The van der Waals surface area contributed by atoms with Crippen LogP contribution in [0.15, 0.2) is 36.7 Å². The van der Waals surface area contributed by atoms with Gasteiger partial charge in [-0.15, -0.1) is 0 Å². The van der Waals surface area contributed by atoms with Crippen molar-refractivity contribution in [1.29, 1.82) is 0 Å². The molecule has 0 saturated carbocycles. The fourth-order valence-corrected chi connectivity index (χ4v) is 2.00. The number of carbonyl (C=O) groups excluding carboxylic acids is 1. The Labute approximate surface area is 139 Å². The molecule has 0 bridgehead atoms. The first-order valence-corrected chi connectivity index (χ1v) is 7.49. The summed E-state index contributed by atoms with van der Waals surface area (Å²) in [6.45, 7) is 3.53. The van der Waals surface area contributed by atoms with Gasteiger partial charge in [0.15, 0.2) is 0 Å². The maximum absolute atomic E-state index is 12.1. The van der Waals surface area contributed by atoms with E-state index in [9.17, 15) is 9.59 Å². The number of amides is 1. The molecule has 0 aliphatic heterocycles. The quantitative estimate of drug-likeness (QED) is 0.850. The molecule has 0 aliphatic rings. The second-order valence-electron chi connectivity index (χ2n) is 5.84. The molecular weight excluding hydrogens is 318 g/mol. The molecule has 2 N–H and O–H groups in total. The van der Waals surface area contributed by atoms with Gasteiger partial charge in [0, 0.05) is 17.8 Å². The Kier molecular flexibility index (Phi) is 5.05. The van der Waals surface area contributed by atoms with E-state index in [1.807, 2.05) is 0 Å². The number of aliphatic carboxylic acids is 1. The number of hydrogen-bond donors (Lipinski definition) is 2. The summed E-state index contributed by atoms with van der Waals surface area (Å²) >= 11 is 5.84. The van der Waals surface area contributed by atoms with E-state index in [4.69, 9.17) is 16.7 Å². The van der Waals surface area contributed by atoms with E-state index >= 15 is 0 Å². The van der Waals surface area contributed by atoms with Crippen molar-refractivity contribution in [2.45, 2.75) is 20.3 Å². The molecule has 0 saturated heterocycles. The third kappa shape index (κ3) is 4.32. The third-order valence-corrected chi connectivity index (χ3v) is 3.80. The van der Waals surface area contributed by atoms with Crippen LogP contribution in [0.4, 0.5) is 0 Å². The van der Waals surface area contributed by atoms with Gasteiger partial charge in [0.05, 0.1) is 22.9 Å². The predicted molar refractivity (Wildman–Crippen MR) is 86.9 cm³/mol. The van der Waals surface area contributed by atoms with E-state index in [2.05, 4.69) is 10.4 Å². The average Bonchev–Trinajstić information content (AvgIpc) is 2.97. The Balaban J connectivity index is 1.96. The van der Waals surface area contributed by atoms with Crippen LogP contribution in [-0.4, -0.2) is 33.3 Å². The summed E-state index contributed by atoms with van der Waals surface area (Å²) in [5.41, 5.74) is 0.328. The first kappa shape index (κ1) is 17.0. The van der Waals surface area contributed by atoms with Gasteiger partial charge in [0.2, 0.25) is 0 Å². The normalized spacial score (nSPS) is 11.3. The Bertz CT molecular complexity index is 708. The number of aromatic nitrogens is 2. The van der Waals surface area contributed by atoms with Gasteiger partial charge in [-0.3, -0.25) is 9.59 Å². The number of carboxylic acids is 1. The van der Waals surface area contributed by atoms with Gasteiger partial charge < -0.3 is 10.4 Å². The monoisotopic (exact) mass is 335 g/mol. The molecule has 2 aromatic rings. The summed E-state index contributed by atoms with van der Waals surface area (Å²) in [5.74, 6) is -1.17. The lowest BCUT2D eigenvalue weighted by Gasteiger charge is -2.18. The first-order chi connectivity index (χ1) is 10.8. The molecule has 0 fully saturated rings. The van der Waals surface area contributed by atoms with Crippen LogP contribution in [0.2, 0.25) is 5.02 Å². The van der Waals surface area contributed by atoms with Crippen LogP contribution in [0.25, 0.3) is 5.69 Å². The van der Waals surface area contributed by atoms with E-state index < -0.39 is 11.4 Å². The van der Waals surface area contributed by atoms with Gasteiger partial charge in [0.25, 0.3) is 5.91 Å². The maximum Gasteiger partial charge on any atom is 0.309 e. The molecule has 0 spiro atoms. The minimum atomic E-state index is -0.887. The van der Waals surface area contributed by atoms with Gasteiger partial charge >= 0.3 is 5.97 Å². The van der Waals surface area contributed by atoms with Crippen LogP contribution in [0, 0.1) is 5.41 Å². The predicted octanol–water partition coefficient (Wildman–Crippen LogP) is 2.76. The lowest BCUT2D eigenvalue weighted by atomic mass is 9.90. The zero-order valence-corrected chi connectivity index (χ0v) is 13.7. The zero-order chi connectivity index (χ0) is 17.0. The van der Waals surface area contributed by atoms with Crippen LogP contribution in [0.3, 0.4) is 0 Å². The van der Waals surface area contributed by atoms with Crippen molar-refractivity contribution in [3.8, 4) is 5.69 Å². The number of carboxylic acid groups (broad SMARTS) is 1. The van der Waals surface area contributed by atoms with Crippen molar-refractivity contribution < 1.29 is 14.7 Å². The standard InChI is InChI=1S/C16H18ClN3O3/c1-16(2,15(22)23)7-8-18-14(21)11-9-19-20(10-11)13-5-3-12(17)4-6-13/h3-6,9-10H,7-8H2,1-2H3,(H,18,21)(H,22,23). The summed E-state index contributed by atoms with van der Waals surface area (Å²) in [4.78, 5) is 23.1. The second kappa shape index (κ2) is 6.83. The molecule has 0 atom stereocenters. The van der Waals surface area contributed by atoms with Crippen LogP contribution < -0.4 is 5.32 Å². The van der Waals surface area contributed by atoms with Gasteiger partial charge in [0.1, 0.15) is 0 Å². The van der Waals surface area contributed by atoms with E-state index in [-0.39, 0.29) is 12.5 Å². The van der Waals surface area contributed by atoms with Gasteiger partial charge in [-0.25, -0.2) is 4.68 Å². The summed E-state index contributed by atoms with van der Waals surface area (Å²) in [5, 5.41) is 16.5. The molecule has 0 unspecified atom stereocenters. The number of rotatable bonds is 6. The fraction of sp³-hybridized carbons (Fsp3) is 0.312. The number of nitrogens with zero attached hydrogens (tertiary/aromatic N) is 2. The molecule has 2 rings (SSSR count). The molecule has 1 amide bonds. The molecule has 6 nitrogen and oxygen atoms in total. The molecule has 1 aromatic carbocycles. The molecule has 1 aromatic heterocycles. The SMILES string of the molecule is CC(C)(CCNC(=O)c1cnn(-c2ccc(Cl)cc2)c1)C(=O)O. The van der Waals surface area contributed by atoms with E-state index in [1.54, 1.807) is 49.0 Å². The number of hydrogen-bond acceptors (Lipinski definition) is 3. The molecule has 7 heteroatoms. The summed E-state index contributed by atoms with van der Waals surface area (Å²) < 4.78 is 1.58. The Morgan fingerprint density at radius 3 is 2.57 bits per heavy atom. The summed E-state index contributed by atoms with van der Waals surface area (Å²) in [6, 6.07) is 7.08. The first-order valence-electron chi connectivity index (χ1n) is 7.12. The van der Waals surface area contributed by atoms with Crippen molar-refractivity contribution in [3.63, 3.8) is 0 Å². The molecule has 1 heterocycles. The van der Waals surface area contributed by atoms with Crippen LogP contribution >= 0.6 is 11.6 Å². The lowest BCUT2D eigenvalue weighted by molar-refractivity contribution is -0.147. The van der Waals surface area contributed by atoms with E-state index in [0.29, 0.717) is 17.0 Å². The largest absolute Gasteiger partial charge is 0.481 e. The van der Waals surface area contributed by atoms with Crippen molar-refractivity contribution in [1.82, 2.24) is 15.1 Å². The van der Waals surface area contributed by atoms with E-state index in [0.717, 1.165) is 5.69 Å². The highest BCUT2D eigenvalue weighted by Gasteiger charge is 2.26. The molecule has 23 heavy (non-hydrogen) atoms. The van der Waals surface area contributed by atoms with Gasteiger partial charge in [-0.1, -0.05) is 11.6 Å². The Morgan fingerprint density at radius 2 is 1.96 bits per heavy atom. The van der Waals surface area contributed by atoms with Crippen molar-refractivity contribution in [2.75, 3.05) is 6.54 Å². The minimum Gasteiger partial charge on any atom is -0.481 e. The second-order valence-corrected chi connectivity index (χ2v) is 6.28. The van der Waals surface area contributed by atoms with Gasteiger partial charge in [-0.05, 0) is 44.5 Å². The van der Waals surface area contributed by atoms with Crippen molar-refractivity contribution in [2.24, 2.45) is 5.41 Å².